The highest BCUT2D eigenvalue weighted by molar-refractivity contribution is 5.98. The number of nitrogens with zero attached hydrogens (tertiary/aromatic N) is 1. The van der Waals surface area contributed by atoms with Gasteiger partial charge in [-0.15, -0.1) is 0 Å². The lowest BCUT2D eigenvalue weighted by Gasteiger charge is -2.24. The predicted molar refractivity (Wildman–Crippen MR) is 69.4 cm³/mol. The van der Waals surface area contributed by atoms with Crippen LogP contribution in [0.1, 0.15) is 29.3 Å². The summed E-state index contributed by atoms with van der Waals surface area (Å²) in [5.74, 6) is -1.33. The summed E-state index contributed by atoms with van der Waals surface area (Å²) in [6.07, 6.45) is 0.360. The molecule has 1 atom stereocenters. The minimum absolute atomic E-state index is 0.325. The van der Waals surface area contributed by atoms with Crippen molar-refractivity contribution in [2.75, 3.05) is 12.8 Å². The van der Waals surface area contributed by atoms with Crippen molar-refractivity contribution >= 4 is 17.6 Å². The third-order valence-corrected chi connectivity index (χ3v) is 3.07. The molecule has 18 heavy (non-hydrogen) atoms. The second-order valence-electron chi connectivity index (χ2n) is 4.20. The molecule has 0 saturated heterocycles. The van der Waals surface area contributed by atoms with Gasteiger partial charge >= 0.3 is 5.97 Å². The molecule has 0 fully saturated rings. The predicted octanol–water partition coefficient (Wildman–Crippen LogP) is 1.51. The van der Waals surface area contributed by atoms with Gasteiger partial charge in [0.25, 0.3) is 5.91 Å². The van der Waals surface area contributed by atoms with Gasteiger partial charge in [0.15, 0.2) is 0 Å². The molecule has 3 N–H and O–H groups in total. The fourth-order valence-electron chi connectivity index (χ4n) is 1.83. The lowest BCUT2D eigenvalue weighted by Crippen LogP contribution is -2.42. The monoisotopic (exact) mass is 250 g/mol. The minimum Gasteiger partial charge on any atom is -0.480 e. The third-order valence-electron chi connectivity index (χ3n) is 3.07. The maximum atomic E-state index is 12.2. The summed E-state index contributed by atoms with van der Waals surface area (Å²) >= 11 is 0. The van der Waals surface area contributed by atoms with E-state index in [-0.39, 0.29) is 5.91 Å². The first-order valence-corrected chi connectivity index (χ1v) is 5.75. The Kier molecular flexibility index (Phi) is 4.31. The van der Waals surface area contributed by atoms with Gasteiger partial charge in [-0.1, -0.05) is 13.0 Å². The first-order chi connectivity index (χ1) is 8.40. The van der Waals surface area contributed by atoms with Gasteiger partial charge in [0.05, 0.1) is 0 Å². The van der Waals surface area contributed by atoms with Crippen molar-refractivity contribution in [3.8, 4) is 0 Å². The Morgan fingerprint density at radius 1 is 1.44 bits per heavy atom. The number of rotatable bonds is 4. The molecular formula is C13H18N2O3. The topological polar surface area (TPSA) is 83.6 Å². The van der Waals surface area contributed by atoms with E-state index in [1.165, 1.54) is 11.9 Å². The smallest absolute Gasteiger partial charge is 0.326 e. The summed E-state index contributed by atoms with van der Waals surface area (Å²) in [6, 6.07) is 4.23. The first-order valence-electron chi connectivity index (χ1n) is 5.75. The zero-order valence-corrected chi connectivity index (χ0v) is 10.8. The van der Waals surface area contributed by atoms with Gasteiger partial charge in [-0.25, -0.2) is 4.79 Å². The molecule has 5 nitrogen and oxygen atoms in total. The van der Waals surface area contributed by atoms with Crippen LogP contribution in [0.3, 0.4) is 0 Å². The Bertz CT molecular complexity index is 471. The molecule has 1 unspecified atom stereocenters. The number of amides is 1. The van der Waals surface area contributed by atoms with Crippen LogP contribution in [0.2, 0.25) is 0 Å². The number of carboxylic acids is 1. The number of benzene rings is 1. The van der Waals surface area contributed by atoms with E-state index < -0.39 is 12.0 Å². The molecule has 0 aromatic heterocycles. The van der Waals surface area contributed by atoms with Gasteiger partial charge in [-0.3, -0.25) is 4.79 Å². The number of nitrogen functional groups attached to an aromatic ring is 1. The molecule has 0 aliphatic carbocycles. The highest BCUT2D eigenvalue weighted by Gasteiger charge is 2.26. The first kappa shape index (κ1) is 14.0. The Morgan fingerprint density at radius 2 is 2.06 bits per heavy atom. The number of carbonyl (C=O) groups excluding carboxylic acids is 1. The van der Waals surface area contributed by atoms with E-state index >= 15 is 0 Å². The van der Waals surface area contributed by atoms with E-state index in [4.69, 9.17) is 10.8 Å². The molecule has 0 bridgehead atoms. The number of anilines is 1. The molecule has 98 valence electrons. The zero-order chi connectivity index (χ0) is 13.9. The van der Waals surface area contributed by atoms with Crippen LogP contribution >= 0.6 is 0 Å². The van der Waals surface area contributed by atoms with Crippen molar-refractivity contribution in [1.82, 2.24) is 4.90 Å². The molecule has 1 rings (SSSR count). The number of hydrogen-bond acceptors (Lipinski definition) is 3. The van der Waals surface area contributed by atoms with Crippen molar-refractivity contribution in [2.45, 2.75) is 26.3 Å². The summed E-state index contributed by atoms with van der Waals surface area (Å²) in [5.41, 5.74) is 7.38. The van der Waals surface area contributed by atoms with Gasteiger partial charge in [0, 0.05) is 18.3 Å². The molecule has 0 radical (unpaired) electrons. The largest absolute Gasteiger partial charge is 0.480 e. The number of carboxylic acid groups (broad SMARTS) is 1. The number of carbonyl (C=O) groups is 2. The molecule has 0 aliphatic rings. The van der Waals surface area contributed by atoms with E-state index in [1.54, 1.807) is 32.0 Å². The molecule has 0 spiro atoms. The third kappa shape index (κ3) is 2.61. The molecule has 1 amide bonds. The van der Waals surface area contributed by atoms with E-state index in [2.05, 4.69) is 0 Å². The second-order valence-corrected chi connectivity index (χ2v) is 4.20. The van der Waals surface area contributed by atoms with Crippen LogP contribution in [0.5, 0.6) is 0 Å². The number of hydrogen-bond donors (Lipinski definition) is 2. The lowest BCUT2D eigenvalue weighted by atomic mass is 10.0. The summed E-state index contributed by atoms with van der Waals surface area (Å²) in [6.45, 7) is 3.48. The summed E-state index contributed by atoms with van der Waals surface area (Å²) in [5, 5.41) is 9.04. The van der Waals surface area contributed by atoms with Crippen molar-refractivity contribution in [3.63, 3.8) is 0 Å². The fourth-order valence-corrected chi connectivity index (χ4v) is 1.83. The lowest BCUT2D eigenvalue weighted by molar-refractivity contribution is -0.142. The zero-order valence-electron chi connectivity index (χ0n) is 10.8. The molecule has 0 heterocycles. The Morgan fingerprint density at radius 3 is 2.56 bits per heavy atom. The molecule has 0 saturated carbocycles. The average Bonchev–Trinajstić information content (AvgIpc) is 2.32. The fraction of sp³-hybridized carbons (Fsp3) is 0.385. The minimum atomic E-state index is -1.00. The highest BCUT2D eigenvalue weighted by Crippen LogP contribution is 2.18. The van der Waals surface area contributed by atoms with Crippen LogP contribution in [0, 0.1) is 6.92 Å². The van der Waals surface area contributed by atoms with Gasteiger partial charge < -0.3 is 15.7 Å². The van der Waals surface area contributed by atoms with E-state index in [0.29, 0.717) is 23.2 Å². The number of likely N-dealkylation sites (N-methyl/N-ethyl adjacent to an activating group) is 1. The Hall–Kier alpha value is -2.04. The van der Waals surface area contributed by atoms with Gasteiger partial charge in [0.1, 0.15) is 6.04 Å². The second kappa shape index (κ2) is 5.53. The van der Waals surface area contributed by atoms with Crippen LogP contribution in [0.15, 0.2) is 18.2 Å². The van der Waals surface area contributed by atoms with Crippen LogP contribution < -0.4 is 5.73 Å². The molecule has 1 aromatic carbocycles. The summed E-state index contributed by atoms with van der Waals surface area (Å²) < 4.78 is 0. The SMILES string of the molecule is CCC(C(=O)O)N(C)C(=O)c1cccc(N)c1C. The van der Waals surface area contributed by atoms with Crippen molar-refractivity contribution < 1.29 is 14.7 Å². The molecule has 0 aliphatic heterocycles. The van der Waals surface area contributed by atoms with Gasteiger partial charge in [0.2, 0.25) is 0 Å². The van der Waals surface area contributed by atoms with Crippen molar-refractivity contribution in [1.29, 1.82) is 0 Å². The maximum absolute atomic E-state index is 12.2. The maximum Gasteiger partial charge on any atom is 0.326 e. The van der Waals surface area contributed by atoms with Crippen LogP contribution in [0.4, 0.5) is 5.69 Å². The highest BCUT2D eigenvalue weighted by atomic mass is 16.4. The number of aliphatic carboxylic acids is 1. The molecular weight excluding hydrogens is 232 g/mol. The Labute approximate surface area is 106 Å². The standard InChI is InChI=1S/C13H18N2O3/c1-4-11(13(17)18)15(3)12(16)9-6-5-7-10(14)8(9)2/h5-7,11H,4,14H2,1-3H3,(H,17,18). The van der Waals surface area contributed by atoms with Gasteiger partial charge in [-0.2, -0.15) is 0 Å². The molecule has 5 heteroatoms. The van der Waals surface area contributed by atoms with E-state index in [0.717, 1.165) is 0 Å². The van der Waals surface area contributed by atoms with Crippen LogP contribution in [-0.2, 0) is 4.79 Å². The van der Waals surface area contributed by atoms with E-state index in [1.807, 2.05) is 0 Å². The number of nitrogens with two attached hydrogens (primary N) is 1. The summed E-state index contributed by atoms with van der Waals surface area (Å²) in [4.78, 5) is 24.5. The van der Waals surface area contributed by atoms with Crippen LogP contribution in [-0.4, -0.2) is 35.0 Å². The summed E-state index contributed by atoms with van der Waals surface area (Å²) in [7, 11) is 1.49. The van der Waals surface area contributed by atoms with E-state index in [9.17, 15) is 9.59 Å². The Balaban J connectivity index is 3.07. The van der Waals surface area contributed by atoms with Gasteiger partial charge in [-0.05, 0) is 31.0 Å². The normalized spacial score (nSPS) is 11.9. The average molecular weight is 250 g/mol. The van der Waals surface area contributed by atoms with Crippen molar-refractivity contribution in [3.05, 3.63) is 29.3 Å². The van der Waals surface area contributed by atoms with Crippen LogP contribution in [0.25, 0.3) is 0 Å². The van der Waals surface area contributed by atoms with Crippen molar-refractivity contribution in [2.24, 2.45) is 0 Å². The molecule has 1 aromatic rings. The quantitative estimate of drug-likeness (QED) is 0.793.